The molecule has 1 aromatic heterocycles. The average molecular weight is 363 g/mol. The molecule has 0 bridgehead atoms. The maximum absolute atomic E-state index is 10.9. The molecule has 0 amide bonds. The van der Waals surface area contributed by atoms with Gasteiger partial charge in [-0.25, -0.2) is 0 Å². The molecule has 6 heteroatoms. The van der Waals surface area contributed by atoms with Gasteiger partial charge in [-0.05, 0) is 35.6 Å². The Bertz CT molecular complexity index is 848. The minimum Gasteiger partial charge on any atom is -0.466 e. The number of thiazole rings is 1. The van der Waals surface area contributed by atoms with Gasteiger partial charge in [0.15, 0.2) is 6.54 Å². The summed E-state index contributed by atoms with van der Waals surface area (Å²) in [4.78, 5) is 10.9. The number of carbonyl (C=O) groups excluding carboxylic acids is 1. The first-order valence-electron chi connectivity index (χ1n) is 7.61. The lowest BCUT2D eigenvalue weighted by molar-refractivity contribution is -0.671. The average Bonchev–Trinajstić information content (AvgIpc) is 2.88. The van der Waals surface area contributed by atoms with E-state index in [2.05, 4.69) is 4.57 Å². The van der Waals surface area contributed by atoms with E-state index in [1.807, 2.05) is 48.5 Å². The molecule has 0 saturated carbocycles. The molecule has 0 aliphatic heterocycles. The summed E-state index contributed by atoms with van der Waals surface area (Å²) in [5, 5.41) is 1.48. The van der Waals surface area contributed by atoms with E-state index < -0.39 is 0 Å². The van der Waals surface area contributed by atoms with E-state index in [9.17, 15) is 4.79 Å². The molecule has 1 heterocycles. The van der Waals surface area contributed by atoms with Gasteiger partial charge in [-0.15, -0.1) is 4.57 Å². The molecule has 3 rings (SSSR count). The third kappa shape index (κ3) is 4.04. The number of ether oxygens (including phenoxy) is 2. The van der Waals surface area contributed by atoms with E-state index in [4.69, 9.17) is 21.1 Å². The minimum atomic E-state index is -0.261. The fraction of sp³-hybridized carbons (Fsp3) is 0.222. The Morgan fingerprint density at radius 1 is 1.21 bits per heavy atom. The lowest BCUT2D eigenvalue weighted by atomic mass is 10.3. The van der Waals surface area contributed by atoms with Crippen molar-refractivity contribution in [2.24, 2.45) is 0 Å². The van der Waals surface area contributed by atoms with Crippen LogP contribution in [-0.2, 0) is 16.1 Å². The Morgan fingerprint density at radius 2 is 2.00 bits per heavy atom. The molecule has 0 fully saturated rings. The Hall–Kier alpha value is -2.11. The number of fused-ring (bicyclic) bond motifs is 1. The van der Waals surface area contributed by atoms with Crippen molar-refractivity contribution in [1.82, 2.24) is 0 Å². The highest BCUT2D eigenvalue weighted by molar-refractivity contribution is 7.19. The van der Waals surface area contributed by atoms with Crippen LogP contribution in [-0.4, -0.2) is 12.6 Å². The van der Waals surface area contributed by atoms with Gasteiger partial charge in [0.2, 0.25) is 5.52 Å². The van der Waals surface area contributed by atoms with Gasteiger partial charge in [-0.3, -0.25) is 4.79 Å². The van der Waals surface area contributed by atoms with Crippen LogP contribution >= 0.6 is 22.9 Å². The highest BCUT2D eigenvalue weighted by atomic mass is 35.5. The van der Waals surface area contributed by atoms with Crippen molar-refractivity contribution in [1.29, 1.82) is 0 Å². The summed E-state index contributed by atoms with van der Waals surface area (Å²) in [6.45, 7) is 2.49. The number of benzene rings is 2. The van der Waals surface area contributed by atoms with Gasteiger partial charge in [-0.2, -0.15) is 0 Å². The normalized spacial score (nSPS) is 10.8. The summed E-state index contributed by atoms with van der Waals surface area (Å²) in [5.41, 5.74) is 1.05. The van der Waals surface area contributed by atoms with Crippen LogP contribution in [0.4, 0.5) is 0 Å². The number of hydrogen-bond donors (Lipinski definition) is 0. The van der Waals surface area contributed by atoms with E-state index in [-0.39, 0.29) is 5.97 Å². The summed E-state index contributed by atoms with van der Waals surface area (Å²) >= 11 is 7.65. The van der Waals surface area contributed by atoms with Crippen LogP contribution in [0.15, 0.2) is 48.5 Å². The molecule has 0 atom stereocenters. The molecule has 2 aromatic carbocycles. The smallest absolute Gasteiger partial charge is 0.436 e. The number of para-hydroxylation sites is 1. The summed E-state index contributed by atoms with van der Waals surface area (Å²) in [5.74, 6) is 0.520. The zero-order valence-electron chi connectivity index (χ0n) is 13.2. The van der Waals surface area contributed by atoms with E-state index >= 15 is 0 Å². The Kier molecular flexibility index (Phi) is 5.33. The Labute approximate surface area is 149 Å². The molecule has 0 radical (unpaired) electrons. The number of carbonyl (C=O) groups is 1. The number of nitrogens with zero attached hydrogens (tertiary/aromatic N) is 1. The van der Waals surface area contributed by atoms with Crippen LogP contribution in [0.2, 0.25) is 5.02 Å². The molecule has 124 valence electrons. The molecule has 24 heavy (non-hydrogen) atoms. The summed E-state index contributed by atoms with van der Waals surface area (Å²) in [6, 6.07) is 15.4. The fourth-order valence-corrected chi connectivity index (χ4v) is 3.69. The largest absolute Gasteiger partial charge is 0.466 e. The van der Waals surface area contributed by atoms with Crippen molar-refractivity contribution < 1.29 is 18.8 Å². The quantitative estimate of drug-likeness (QED) is 0.366. The summed E-state index contributed by atoms with van der Waals surface area (Å²) in [6.07, 6.45) is 0.712. The Balaban J connectivity index is 1.87. The predicted molar refractivity (Wildman–Crippen MR) is 94.8 cm³/mol. The van der Waals surface area contributed by atoms with Gasteiger partial charge in [-0.1, -0.05) is 29.8 Å². The number of hydrogen-bond acceptors (Lipinski definition) is 4. The van der Waals surface area contributed by atoms with Crippen molar-refractivity contribution in [2.75, 3.05) is 6.61 Å². The molecule has 0 unspecified atom stereocenters. The number of aryl methyl sites for hydroxylation is 1. The first-order valence-corrected chi connectivity index (χ1v) is 8.81. The van der Waals surface area contributed by atoms with Crippen molar-refractivity contribution in [3.8, 4) is 10.9 Å². The predicted octanol–water partition coefficient (Wildman–Crippen LogP) is 4.59. The first-order chi connectivity index (χ1) is 11.6. The molecule has 0 saturated heterocycles. The second-order valence-electron chi connectivity index (χ2n) is 5.24. The molecule has 0 aliphatic carbocycles. The maximum atomic E-state index is 10.9. The zero-order valence-corrected chi connectivity index (χ0v) is 14.8. The lowest BCUT2D eigenvalue weighted by Gasteiger charge is -2.02. The van der Waals surface area contributed by atoms with Crippen molar-refractivity contribution in [2.45, 2.75) is 19.9 Å². The SMILES string of the molecule is CC(=O)OCCC[n+]1c(Oc2ccccc2)sc2cc(Cl)ccc21. The van der Waals surface area contributed by atoms with Crippen LogP contribution in [0.1, 0.15) is 13.3 Å². The third-order valence-electron chi connectivity index (χ3n) is 3.41. The monoisotopic (exact) mass is 362 g/mol. The maximum Gasteiger partial charge on any atom is 0.436 e. The van der Waals surface area contributed by atoms with Crippen LogP contribution in [0.5, 0.6) is 10.9 Å². The van der Waals surface area contributed by atoms with Crippen molar-refractivity contribution >= 4 is 39.1 Å². The van der Waals surface area contributed by atoms with Gasteiger partial charge >= 0.3 is 11.2 Å². The van der Waals surface area contributed by atoms with E-state index in [0.29, 0.717) is 24.6 Å². The molecule has 0 aliphatic rings. The van der Waals surface area contributed by atoms with Gasteiger partial charge in [0.05, 0.1) is 6.61 Å². The molecule has 3 aromatic rings. The van der Waals surface area contributed by atoms with Crippen LogP contribution in [0, 0.1) is 0 Å². The van der Waals surface area contributed by atoms with Crippen LogP contribution < -0.4 is 9.30 Å². The topological polar surface area (TPSA) is 39.4 Å². The zero-order chi connectivity index (χ0) is 16.9. The van der Waals surface area contributed by atoms with E-state index in [1.165, 1.54) is 6.92 Å². The number of esters is 1. The van der Waals surface area contributed by atoms with Crippen LogP contribution in [0.3, 0.4) is 0 Å². The number of halogens is 1. The van der Waals surface area contributed by atoms with E-state index in [0.717, 1.165) is 21.2 Å². The second kappa shape index (κ2) is 7.64. The molecular weight excluding hydrogens is 346 g/mol. The van der Waals surface area contributed by atoms with E-state index in [1.54, 1.807) is 11.3 Å². The molecule has 4 nitrogen and oxygen atoms in total. The van der Waals surface area contributed by atoms with Gasteiger partial charge < -0.3 is 9.47 Å². The summed E-state index contributed by atoms with van der Waals surface area (Å²) in [7, 11) is 0. The Morgan fingerprint density at radius 3 is 2.75 bits per heavy atom. The van der Waals surface area contributed by atoms with Crippen LogP contribution in [0.25, 0.3) is 10.2 Å². The standard InChI is InChI=1S/C18H17ClNO3S/c1-13(21)22-11-5-10-20-16-9-8-14(19)12-17(16)24-18(20)23-15-6-3-2-4-7-15/h2-4,6-9,12H,5,10-11H2,1H3/q+1. The number of rotatable bonds is 6. The fourth-order valence-electron chi connectivity index (χ4n) is 2.36. The highest BCUT2D eigenvalue weighted by Gasteiger charge is 2.22. The van der Waals surface area contributed by atoms with Gasteiger partial charge in [0.1, 0.15) is 10.4 Å². The first kappa shape index (κ1) is 16.7. The second-order valence-corrected chi connectivity index (χ2v) is 6.67. The molecule has 0 spiro atoms. The lowest BCUT2D eigenvalue weighted by Crippen LogP contribution is -2.34. The minimum absolute atomic E-state index is 0.261. The molecular formula is C18H17ClNO3S+. The van der Waals surface area contributed by atoms with Crippen molar-refractivity contribution in [3.05, 3.63) is 53.6 Å². The third-order valence-corrected chi connectivity index (χ3v) is 4.67. The highest BCUT2D eigenvalue weighted by Crippen LogP contribution is 2.31. The molecule has 0 N–H and O–H groups in total. The van der Waals surface area contributed by atoms with Gasteiger partial charge in [0.25, 0.3) is 0 Å². The van der Waals surface area contributed by atoms with Gasteiger partial charge in [0, 0.05) is 24.4 Å². The van der Waals surface area contributed by atoms with Crippen molar-refractivity contribution in [3.63, 3.8) is 0 Å². The number of aromatic nitrogens is 1. The summed E-state index contributed by atoms with van der Waals surface area (Å²) < 4.78 is 14.2.